The summed E-state index contributed by atoms with van der Waals surface area (Å²) in [5, 5.41) is 2.47. The first-order valence-corrected chi connectivity index (χ1v) is 12.6. The first kappa shape index (κ1) is 21.1. The number of nitrogens with one attached hydrogen (secondary N) is 1. The molecule has 8 heterocycles. The minimum Gasteiger partial charge on any atom is -0.322 e. The van der Waals surface area contributed by atoms with Gasteiger partial charge in [-0.15, -0.1) is 0 Å². The van der Waals surface area contributed by atoms with Crippen molar-refractivity contribution < 1.29 is 0 Å². The topological polar surface area (TPSA) is 142 Å². The van der Waals surface area contributed by atoms with Crippen LogP contribution in [0.25, 0.3) is 22.3 Å². The van der Waals surface area contributed by atoms with E-state index in [1.807, 2.05) is 48.5 Å². The Morgan fingerprint density at radius 1 is 0.525 bits per heavy atom. The molecule has 0 saturated carbocycles. The van der Waals surface area contributed by atoms with Crippen molar-refractivity contribution >= 4 is 45.6 Å². The minimum atomic E-state index is 0.456. The molecule has 9 rings (SSSR count). The predicted octanol–water partition coefficient (Wildman–Crippen LogP) is 0.735. The minimum absolute atomic E-state index is 0.456. The quantitative estimate of drug-likeness (QED) is 0.323. The van der Waals surface area contributed by atoms with Crippen LogP contribution in [-0.4, -0.2) is 48.3 Å². The smallest absolute Gasteiger partial charge is 0.183 e. The maximum atomic E-state index is 5.00. The molecule has 3 aliphatic heterocycles. The summed E-state index contributed by atoms with van der Waals surface area (Å²) in [6.07, 6.45) is 7.41. The molecule has 186 valence electrons. The van der Waals surface area contributed by atoms with Crippen LogP contribution in [-0.2, 0) is 0 Å². The summed E-state index contributed by atoms with van der Waals surface area (Å²) in [5.41, 5.74) is 6.26. The zero-order valence-corrected chi connectivity index (χ0v) is 20.6. The Labute approximate surface area is 224 Å². The Bertz CT molecular complexity index is 2190. The van der Waals surface area contributed by atoms with Gasteiger partial charge in [-0.05, 0) is 48.5 Å². The van der Waals surface area contributed by atoms with Crippen LogP contribution < -0.4 is 21.5 Å². The number of fused-ring (bicyclic) bond motifs is 16. The van der Waals surface area contributed by atoms with E-state index in [2.05, 4.69) is 24.9 Å². The van der Waals surface area contributed by atoms with E-state index in [0.29, 0.717) is 57.6 Å². The third-order valence-corrected chi connectivity index (χ3v) is 7.11. The molecule has 8 bridgehead atoms. The van der Waals surface area contributed by atoms with Crippen molar-refractivity contribution in [3.8, 4) is 0 Å². The second kappa shape index (κ2) is 7.84. The summed E-state index contributed by atoms with van der Waals surface area (Å²) in [6, 6.07) is 15.3. The van der Waals surface area contributed by atoms with Crippen molar-refractivity contribution in [3.63, 3.8) is 0 Å². The lowest BCUT2D eigenvalue weighted by Crippen LogP contribution is -2.27. The molecule has 40 heavy (non-hydrogen) atoms. The van der Waals surface area contributed by atoms with Crippen LogP contribution in [0.5, 0.6) is 0 Å². The number of aromatic nitrogens is 5. The van der Waals surface area contributed by atoms with Crippen molar-refractivity contribution in [2.75, 3.05) is 0 Å². The van der Waals surface area contributed by atoms with Gasteiger partial charge in [-0.25, -0.2) is 30.0 Å². The normalized spacial score (nSPS) is 16.3. The third kappa shape index (κ3) is 2.99. The van der Waals surface area contributed by atoms with Crippen LogP contribution in [0, 0.1) is 0 Å². The fourth-order valence-electron chi connectivity index (χ4n) is 5.34. The number of pyridine rings is 4. The average Bonchev–Trinajstić information content (AvgIpc) is 3.73. The van der Waals surface area contributed by atoms with Crippen LogP contribution in [0.2, 0.25) is 0 Å². The summed E-state index contributed by atoms with van der Waals surface area (Å²) in [5.74, 6) is 1.97. The number of aromatic amines is 1. The molecule has 0 spiro atoms. The zero-order chi connectivity index (χ0) is 26.2. The molecule has 5 aromatic heterocycles. The molecule has 5 aromatic rings. The maximum Gasteiger partial charge on any atom is 0.183 e. The SMILES string of the molecule is c1cnc2c(c1)C1=NC3=c4ncccc4=C(C3)N=C3N=C(N=c4[nH]c(c5cccnc45)=NC2=N1)c1cccnc13. The van der Waals surface area contributed by atoms with E-state index in [4.69, 9.17) is 30.0 Å². The highest BCUT2D eigenvalue weighted by Crippen LogP contribution is 2.25. The van der Waals surface area contributed by atoms with Gasteiger partial charge in [0.05, 0.1) is 16.7 Å². The molecule has 0 radical (unpaired) electrons. The van der Waals surface area contributed by atoms with Crippen LogP contribution in [0.1, 0.15) is 28.9 Å². The van der Waals surface area contributed by atoms with E-state index < -0.39 is 0 Å². The molecular weight excluding hydrogens is 502 g/mol. The lowest BCUT2D eigenvalue weighted by atomic mass is 10.2. The lowest BCUT2D eigenvalue weighted by Gasteiger charge is -2.01. The number of amidine groups is 4. The van der Waals surface area contributed by atoms with Crippen molar-refractivity contribution in [2.24, 2.45) is 30.0 Å². The molecule has 0 unspecified atom stereocenters. The largest absolute Gasteiger partial charge is 0.322 e. The number of hydrogen-bond donors (Lipinski definition) is 1. The molecule has 4 aliphatic rings. The number of rotatable bonds is 0. The fraction of sp³-hybridized carbons (Fsp3) is 0.0345. The second-order valence-electron chi connectivity index (χ2n) is 9.46. The second-order valence-corrected chi connectivity index (χ2v) is 9.46. The van der Waals surface area contributed by atoms with E-state index in [0.717, 1.165) is 38.5 Å². The van der Waals surface area contributed by atoms with Crippen molar-refractivity contribution in [1.29, 1.82) is 0 Å². The highest BCUT2D eigenvalue weighted by molar-refractivity contribution is 6.23. The van der Waals surface area contributed by atoms with Crippen LogP contribution in [0.4, 0.5) is 0 Å². The van der Waals surface area contributed by atoms with Gasteiger partial charge in [0.15, 0.2) is 28.8 Å². The molecule has 0 atom stereocenters. The summed E-state index contributed by atoms with van der Waals surface area (Å²) >= 11 is 0. The average molecular weight is 518 g/mol. The molecule has 0 saturated heterocycles. The molecule has 0 fully saturated rings. The molecule has 1 N–H and O–H groups in total. The summed E-state index contributed by atoms with van der Waals surface area (Å²) in [6.45, 7) is 0. The van der Waals surface area contributed by atoms with Gasteiger partial charge in [0.2, 0.25) is 0 Å². The van der Waals surface area contributed by atoms with Crippen LogP contribution in [0.3, 0.4) is 0 Å². The van der Waals surface area contributed by atoms with Crippen LogP contribution in [0.15, 0.2) is 103 Å². The Morgan fingerprint density at radius 3 is 2.00 bits per heavy atom. The third-order valence-electron chi connectivity index (χ3n) is 7.11. The van der Waals surface area contributed by atoms with Crippen molar-refractivity contribution in [3.05, 3.63) is 117 Å². The summed E-state index contributed by atoms with van der Waals surface area (Å²) < 4.78 is 0. The van der Waals surface area contributed by atoms with Gasteiger partial charge < -0.3 is 4.98 Å². The van der Waals surface area contributed by atoms with E-state index >= 15 is 0 Å². The van der Waals surface area contributed by atoms with E-state index in [9.17, 15) is 0 Å². The van der Waals surface area contributed by atoms with Crippen molar-refractivity contribution in [2.45, 2.75) is 6.42 Å². The highest BCUT2D eigenvalue weighted by Gasteiger charge is 2.27. The Morgan fingerprint density at radius 2 is 1.15 bits per heavy atom. The van der Waals surface area contributed by atoms with Gasteiger partial charge in [-0.2, -0.15) is 0 Å². The Balaban J connectivity index is 1.43. The summed E-state index contributed by atoms with van der Waals surface area (Å²) in [4.78, 5) is 51.2. The highest BCUT2D eigenvalue weighted by atomic mass is 15.1. The number of hydrogen-bond acceptors (Lipinski definition) is 10. The number of aliphatic imine (C=N–C) groups is 4. The van der Waals surface area contributed by atoms with Crippen molar-refractivity contribution in [1.82, 2.24) is 24.9 Å². The maximum absolute atomic E-state index is 5.00. The fourth-order valence-corrected chi connectivity index (χ4v) is 5.34. The molecule has 0 aromatic carbocycles. The van der Waals surface area contributed by atoms with E-state index in [-0.39, 0.29) is 0 Å². The number of nitrogens with zero attached hydrogens (tertiary/aromatic N) is 10. The van der Waals surface area contributed by atoms with Gasteiger partial charge >= 0.3 is 0 Å². The molecule has 11 heteroatoms. The van der Waals surface area contributed by atoms with Gasteiger partial charge in [0.1, 0.15) is 22.4 Å². The Hall–Kier alpha value is -5.84. The molecule has 1 aliphatic carbocycles. The Kier molecular flexibility index (Phi) is 4.14. The van der Waals surface area contributed by atoms with E-state index in [1.165, 1.54) is 0 Å². The monoisotopic (exact) mass is 517 g/mol. The zero-order valence-electron chi connectivity index (χ0n) is 20.6. The summed E-state index contributed by atoms with van der Waals surface area (Å²) in [7, 11) is 0. The van der Waals surface area contributed by atoms with E-state index in [1.54, 1.807) is 24.8 Å². The van der Waals surface area contributed by atoms with Gasteiger partial charge in [-0.3, -0.25) is 19.9 Å². The standard InChI is InChI=1S/C29H15N11/c1-5-14-18-13-19(20(14)30-9-1)35-24-15-6-2-11-32-22(15)28(36-24)39-26-17-8-4-12-33-23(17)29(40-26)38-25-16-7-3-10-31-21(16)27(34-18)37-25/h1-12H,13H2,(H,34,35,36,37,38,39,40). The van der Waals surface area contributed by atoms with Gasteiger partial charge in [0.25, 0.3) is 0 Å². The first-order valence-electron chi connectivity index (χ1n) is 12.6. The molecule has 11 nitrogen and oxygen atoms in total. The van der Waals surface area contributed by atoms with Crippen LogP contribution >= 0.6 is 0 Å². The first-order chi connectivity index (χ1) is 19.8. The molecular formula is C29H15N11. The van der Waals surface area contributed by atoms with Gasteiger partial charge in [-0.1, -0.05) is 0 Å². The number of H-pyrrole nitrogens is 1. The molecule has 0 amide bonds. The van der Waals surface area contributed by atoms with Gasteiger partial charge in [0, 0.05) is 52.9 Å². The predicted molar refractivity (Wildman–Crippen MR) is 148 cm³/mol. The lowest BCUT2D eigenvalue weighted by molar-refractivity contribution is 1.14.